The normalized spacial score (nSPS) is 11.2. The number of rotatable bonds is 8. The van der Waals surface area contributed by atoms with E-state index in [-0.39, 0.29) is 17.3 Å². The molecular formula is C22H24N2O6S. The first-order chi connectivity index (χ1) is 14.8. The van der Waals surface area contributed by atoms with E-state index in [2.05, 4.69) is 10.0 Å². The van der Waals surface area contributed by atoms with Crippen LogP contribution in [0.25, 0.3) is 10.8 Å². The number of anilines is 1. The fourth-order valence-electron chi connectivity index (χ4n) is 3.31. The number of amides is 1. The van der Waals surface area contributed by atoms with E-state index in [0.29, 0.717) is 39.3 Å². The quantitative estimate of drug-likeness (QED) is 0.553. The molecule has 0 aliphatic carbocycles. The molecule has 0 saturated heterocycles. The van der Waals surface area contributed by atoms with Crippen molar-refractivity contribution < 1.29 is 27.4 Å². The van der Waals surface area contributed by atoms with Crippen LogP contribution >= 0.6 is 0 Å². The molecule has 0 aromatic heterocycles. The van der Waals surface area contributed by atoms with Crippen LogP contribution in [0, 0.1) is 0 Å². The maximum absolute atomic E-state index is 13.1. The van der Waals surface area contributed by atoms with Gasteiger partial charge in [-0.05, 0) is 29.8 Å². The van der Waals surface area contributed by atoms with E-state index >= 15 is 0 Å². The van der Waals surface area contributed by atoms with Crippen molar-refractivity contribution in [3.63, 3.8) is 0 Å². The van der Waals surface area contributed by atoms with E-state index in [9.17, 15) is 13.2 Å². The summed E-state index contributed by atoms with van der Waals surface area (Å²) >= 11 is 0. The van der Waals surface area contributed by atoms with Gasteiger partial charge in [0.1, 0.15) is 0 Å². The van der Waals surface area contributed by atoms with Crippen LogP contribution in [0.15, 0.2) is 53.4 Å². The molecular weight excluding hydrogens is 420 g/mol. The first kappa shape index (κ1) is 22.4. The number of hydrogen-bond acceptors (Lipinski definition) is 6. The molecule has 9 heteroatoms. The summed E-state index contributed by atoms with van der Waals surface area (Å²) in [6.45, 7) is 1.42. The minimum Gasteiger partial charge on any atom is -0.493 e. The molecule has 0 radical (unpaired) electrons. The lowest BCUT2D eigenvalue weighted by molar-refractivity contribution is -0.114. The molecule has 8 nitrogen and oxygen atoms in total. The molecule has 0 spiro atoms. The number of ether oxygens (including phenoxy) is 3. The van der Waals surface area contributed by atoms with Crippen molar-refractivity contribution in [1.82, 2.24) is 4.72 Å². The molecule has 0 aliphatic rings. The van der Waals surface area contributed by atoms with Gasteiger partial charge in [-0.1, -0.05) is 24.3 Å². The Hall–Kier alpha value is -3.30. The number of methoxy groups -OCH3 is 3. The third-order valence-electron chi connectivity index (χ3n) is 4.67. The Balaban J connectivity index is 1.95. The highest BCUT2D eigenvalue weighted by molar-refractivity contribution is 7.89. The number of carbonyl (C=O) groups is 1. The minimum atomic E-state index is -3.86. The fraction of sp³-hybridized carbons (Fsp3) is 0.227. The molecule has 3 aromatic carbocycles. The van der Waals surface area contributed by atoms with Gasteiger partial charge < -0.3 is 19.5 Å². The van der Waals surface area contributed by atoms with Gasteiger partial charge in [-0.2, -0.15) is 0 Å². The van der Waals surface area contributed by atoms with Crippen LogP contribution in [-0.4, -0.2) is 35.7 Å². The molecule has 0 atom stereocenters. The van der Waals surface area contributed by atoms with Gasteiger partial charge in [-0.25, -0.2) is 13.1 Å². The van der Waals surface area contributed by atoms with Crippen molar-refractivity contribution in [2.24, 2.45) is 0 Å². The summed E-state index contributed by atoms with van der Waals surface area (Å²) in [6.07, 6.45) is 0. The second kappa shape index (κ2) is 9.23. The van der Waals surface area contributed by atoms with Crippen LogP contribution in [0.2, 0.25) is 0 Å². The van der Waals surface area contributed by atoms with Crippen LogP contribution in [0.5, 0.6) is 17.2 Å². The van der Waals surface area contributed by atoms with Gasteiger partial charge in [-0.3, -0.25) is 4.79 Å². The highest BCUT2D eigenvalue weighted by Gasteiger charge is 2.19. The molecule has 3 aromatic rings. The summed E-state index contributed by atoms with van der Waals surface area (Å²) in [5.74, 6) is 1.06. The zero-order chi connectivity index (χ0) is 22.6. The highest BCUT2D eigenvalue weighted by Crippen LogP contribution is 2.38. The Morgan fingerprint density at radius 1 is 0.903 bits per heavy atom. The van der Waals surface area contributed by atoms with E-state index in [4.69, 9.17) is 14.2 Å². The van der Waals surface area contributed by atoms with Crippen molar-refractivity contribution in [3.05, 3.63) is 54.1 Å². The molecule has 1 amide bonds. The number of hydrogen-bond donors (Lipinski definition) is 2. The van der Waals surface area contributed by atoms with E-state index in [0.717, 1.165) is 0 Å². The Labute approximate surface area is 181 Å². The van der Waals surface area contributed by atoms with Crippen molar-refractivity contribution in [3.8, 4) is 17.2 Å². The number of benzene rings is 3. The van der Waals surface area contributed by atoms with Gasteiger partial charge in [0.15, 0.2) is 11.5 Å². The van der Waals surface area contributed by atoms with Crippen molar-refractivity contribution in [1.29, 1.82) is 0 Å². The molecule has 0 saturated carbocycles. The summed E-state index contributed by atoms with van der Waals surface area (Å²) < 4.78 is 44.8. The van der Waals surface area contributed by atoms with Crippen molar-refractivity contribution in [2.45, 2.75) is 18.4 Å². The Morgan fingerprint density at radius 2 is 1.52 bits per heavy atom. The number of nitrogens with one attached hydrogen (secondary N) is 2. The minimum absolute atomic E-state index is 0.0147. The SMILES string of the molecule is COc1cc(CNS(=O)(=O)c2cccc3c(NC(C)=O)cccc23)cc(OC)c1OC. The van der Waals surface area contributed by atoms with E-state index in [1.54, 1.807) is 42.5 Å². The first-order valence-corrected chi connectivity index (χ1v) is 10.9. The summed E-state index contributed by atoms with van der Waals surface area (Å²) in [6, 6.07) is 13.4. The van der Waals surface area contributed by atoms with Crippen LogP contribution < -0.4 is 24.2 Å². The molecule has 31 heavy (non-hydrogen) atoms. The van der Waals surface area contributed by atoms with E-state index < -0.39 is 10.0 Å². The lowest BCUT2D eigenvalue weighted by Crippen LogP contribution is -2.23. The number of sulfonamides is 1. The molecule has 3 rings (SSSR count). The Morgan fingerprint density at radius 3 is 2.10 bits per heavy atom. The zero-order valence-corrected chi connectivity index (χ0v) is 18.5. The molecule has 0 fully saturated rings. The molecule has 164 valence electrons. The molecule has 0 bridgehead atoms. The third kappa shape index (κ3) is 4.73. The smallest absolute Gasteiger partial charge is 0.241 e. The Kier molecular flexibility index (Phi) is 6.67. The topological polar surface area (TPSA) is 103 Å². The summed E-state index contributed by atoms with van der Waals surface area (Å²) in [7, 11) is 0.626. The zero-order valence-electron chi connectivity index (χ0n) is 17.7. The molecule has 2 N–H and O–H groups in total. The monoisotopic (exact) mass is 444 g/mol. The number of fused-ring (bicyclic) bond motifs is 1. The Bertz CT molecular complexity index is 1200. The predicted octanol–water partition coefficient (Wildman–Crippen LogP) is 3.30. The molecule has 0 heterocycles. The average molecular weight is 445 g/mol. The van der Waals surface area contributed by atoms with Crippen LogP contribution in [0.3, 0.4) is 0 Å². The van der Waals surface area contributed by atoms with Crippen LogP contribution in [-0.2, 0) is 21.4 Å². The van der Waals surface area contributed by atoms with Crippen molar-refractivity contribution >= 4 is 32.4 Å². The maximum Gasteiger partial charge on any atom is 0.241 e. The summed E-state index contributed by atoms with van der Waals surface area (Å²) in [5, 5.41) is 3.87. The van der Waals surface area contributed by atoms with Gasteiger partial charge in [0.2, 0.25) is 21.7 Å². The summed E-state index contributed by atoms with van der Waals surface area (Å²) in [4.78, 5) is 11.6. The van der Waals surface area contributed by atoms with Crippen LogP contribution in [0.1, 0.15) is 12.5 Å². The van der Waals surface area contributed by atoms with Gasteiger partial charge in [0.25, 0.3) is 0 Å². The summed E-state index contributed by atoms with van der Waals surface area (Å²) in [5.41, 5.74) is 1.18. The average Bonchev–Trinajstić information content (AvgIpc) is 2.76. The van der Waals surface area contributed by atoms with E-state index in [1.807, 2.05) is 0 Å². The second-order valence-electron chi connectivity index (χ2n) is 6.70. The number of carbonyl (C=O) groups excluding carboxylic acids is 1. The second-order valence-corrected chi connectivity index (χ2v) is 8.43. The molecule has 0 aliphatic heterocycles. The van der Waals surface area contributed by atoms with Gasteiger partial charge in [0, 0.05) is 29.9 Å². The van der Waals surface area contributed by atoms with Gasteiger partial charge in [0.05, 0.1) is 26.2 Å². The molecule has 0 unspecified atom stereocenters. The van der Waals surface area contributed by atoms with Crippen molar-refractivity contribution in [2.75, 3.05) is 26.6 Å². The lowest BCUT2D eigenvalue weighted by Gasteiger charge is -2.15. The lowest BCUT2D eigenvalue weighted by atomic mass is 10.1. The first-order valence-electron chi connectivity index (χ1n) is 9.38. The maximum atomic E-state index is 13.1. The highest BCUT2D eigenvalue weighted by atomic mass is 32.2. The fourth-order valence-corrected chi connectivity index (χ4v) is 4.55. The predicted molar refractivity (Wildman–Crippen MR) is 118 cm³/mol. The van der Waals surface area contributed by atoms with Gasteiger partial charge >= 0.3 is 0 Å². The standard InChI is InChI=1S/C22H24N2O6S/c1-14(25)24-18-9-5-8-17-16(18)7-6-10-21(17)31(26,27)23-13-15-11-19(28-2)22(30-4)20(12-15)29-3/h5-12,23H,13H2,1-4H3,(H,24,25). The van der Waals surface area contributed by atoms with E-state index in [1.165, 1.54) is 34.3 Å². The van der Waals surface area contributed by atoms with Crippen LogP contribution in [0.4, 0.5) is 5.69 Å². The third-order valence-corrected chi connectivity index (χ3v) is 6.13. The largest absolute Gasteiger partial charge is 0.493 e. The van der Waals surface area contributed by atoms with Gasteiger partial charge in [-0.15, -0.1) is 0 Å².